The number of hydrogen-bond donors (Lipinski definition) is 1. The number of thiazole rings is 1. The molecule has 2 amide bonds. The Kier molecular flexibility index (Phi) is 6.68. The summed E-state index contributed by atoms with van der Waals surface area (Å²) in [7, 11) is 0. The van der Waals surface area contributed by atoms with Crippen LogP contribution >= 0.6 is 11.3 Å². The van der Waals surface area contributed by atoms with E-state index in [1.54, 1.807) is 17.5 Å². The van der Waals surface area contributed by atoms with E-state index in [0.29, 0.717) is 35.6 Å². The molecule has 2 aromatic heterocycles. The van der Waals surface area contributed by atoms with Gasteiger partial charge in [0.15, 0.2) is 0 Å². The normalized spacial score (nSPS) is 20.5. The Labute approximate surface area is 217 Å². The summed E-state index contributed by atoms with van der Waals surface area (Å²) in [5, 5.41) is 3.97. The molecule has 0 bridgehead atoms. The maximum Gasteiger partial charge on any atom is 0.274 e. The standard InChI is InChI=1S/C29H34N4O2S/c1-16(2)9-24-18(4)11-21(13-30-24)28(34)31-14-25-23-12-22(23)15-33(25)29(35)26-27(36-19(5)32-26)20-8-6-7-17(3)10-20/h6-8,10-11,13,16,22-23,25H,9,12,14-15H2,1-5H3,(H,31,34). The van der Waals surface area contributed by atoms with Gasteiger partial charge < -0.3 is 10.2 Å². The quantitative estimate of drug-likeness (QED) is 0.481. The third kappa shape index (κ3) is 4.94. The van der Waals surface area contributed by atoms with Crippen LogP contribution in [0.3, 0.4) is 0 Å². The fourth-order valence-corrected chi connectivity index (χ4v) is 6.29. The average molecular weight is 503 g/mol. The van der Waals surface area contributed by atoms with Crippen molar-refractivity contribution in [3.05, 3.63) is 69.6 Å². The number of fused-ring (bicyclic) bond motifs is 1. The molecule has 1 saturated carbocycles. The number of piperidine rings is 1. The number of carbonyl (C=O) groups excluding carboxylic acids is 2. The Morgan fingerprint density at radius 2 is 2.00 bits per heavy atom. The zero-order valence-electron chi connectivity index (χ0n) is 21.7. The van der Waals surface area contributed by atoms with Crippen LogP contribution in [0.1, 0.15) is 62.9 Å². The van der Waals surface area contributed by atoms with E-state index in [2.05, 4.69) is 48.2 Å². The lowest BCUT2D eigenvalue weighted by Gasteiger charge is -2.27. The molecule has 188 valence electrons. The van der Waals surface area contributed by atoms with Crippen molar-refractivity contribution in [1.82, 2.24) is 20.2 Å². The van der Waals surface area contributed by atoms with E-state index in [1.807, 2.05) is 36.9 Å². The topological polar surface area (TPSA) is 75.2 Å². The molecule has 36 heavy (non-hydrogen) atoms. The fraction of sp³-hybridized carbons (Fsp3) is 0.448. The number of nitrogens with zero attached hydrogens (tertiary/aromatic N) is 3. The molecule has 7 heteroatoms. The molecule has 5 rings (SSSR count). The molecule has 1 saturated heterocycles. The van der Waals surface area contributed by atoms with Gasteiger partial charge in [0.05, 0.1) is 21.5 Å². The highest BCUT2D eigenvalue weighted by molar-refractivity contribution is 7.15. The number of aryl methyl sites for hydroxylation is 3. The van der Waals surface area contributed by atoms with Crippen LogP contribution in [0.4, 0.5) is 0 Å². The highest BCUT2D eigenvalue weighted by Gasteiger charge is 2.54. The summed E-state index contributed by atoms with van der Waals surface area (Å²) in [5.41, 5.74) is 5.36. The Bertz CT molecular complexity index is 1310. The molecular formula is C29H34N4O2S. The van der Waals surface area contributed by atoms with Crippen LogP contribution in [-0.2, 0) is 6.42 Å². The first-order valence-corrected chi connectivity index (χ1v) is 13.6. The number of hydrogen-bond acceptors (Lipinski definition) is 5. The van der Waals surface area contributed by atoms with Gasteiger partial charge in [-0.15, -0.1) is 11.3 Å². The van der Waals surface area contributed by atoms with Crippen LogP contribution < -0.4 is 5.32 Å². The molecule has 3 aromatic rings. The van der Waals surface area contributed by atoms with E-state index in [-0.39, 0.29) is 17.9 Å². The molecule has 1 aliphatic heterocycles. The first-order valence-electron chi connectivity index (χ1n) is 12.8. The number of likely N-dealkylation sites (tertiary alicyclic amines) is 1. The maximum absolute atomic E-state index is 13.7. The van der Waals surface area contributed by atoms with Crippen LogP contribution in [-0.4, -0.2) is 45.8 Å². The molecule has 0 radical (unpaired) electrons. The first-order chi connectivity index (χ1) is 17.2. The van der Waals surface area contributed by atoms with Crippen LogP contribution in [0.2, 0.25) is 0 Å². The minimum atomic E-state index is -0.136. The fourth-order valence-electron chi connectivity index (χ4n) is 5.38. The molecule has 1 aliphatic carbocycles. The van der Waals surface area contributed by atoms with Crippen molar-refractivity contribution in [2.75, 3.05) is 13.1 Å². The summed E-state index contributed by atoms with van der Waals surface area (Å²) in [6.07, 6.45) is 3.69. The van der Waals surface area contributed by atoms with Crippen LogP contribution in [0.15, 0.2) is 36.5 Å². The van der Waals surface area contributed by atoms with Gasteiger partial charge in [-0.3, -0.25) is 14.6 Å². The first kappa shape index (κ1) is 24.6. The second-order valence-electron chi connectivity index (χ2n) is 10.8. The van der Waals surface area contributed by atoms with Gasteiger partial charge in [0, 0.05) is 25.0 Å². The van der Waals surface area contributed by atoms with Gasteiger partial charge in [-0.1, -0.05) is 43.7 Å². The number of amides is 2. The summed E-state index contributed by atoms with van der Waals surface area (Å²) < 4.78 is 0. The minimum absolute atomic E-state index is 0.00640. The van der Waals surface area contributed by atoms with E-state index in [9.17, 15) is 9.59 Å². The Balaban J connectivity index is 1.31. The Hall–Kier alpha value is -3.06. The number of pyridine rings is 1. The summed E-state index contributed by atoms with van der Waals surface area (Å²) >= 11 is 1.56. The summed E-state index contributed by atoms with van der Waals surface area (Å²) in [5.74, 6) is 1.32. The van der Waals surface area contributed by atoms with E-state index in [4.69, 9.17) is 0 Å². The number of nitrogens with one attached hydrogen (secondary N) is 1. The summed E-state index contributed by atoms with van der Waals surface area (Å²) in [4.78, 5) is 38.8. The van der Waals surface area contributed by atoms with Gasteiger partial charge in [-0.05, 0) is 68.6 Å². The van der Waals surface area contributed by atoms with E-state index in [0.717, 1.165) is 51.7 Å². The van der Waals surface area contributed by atoms with Crippen molar-refractivity contribution in [1.29, 1.82) is 0 Å². The molecule has 2 aliphatic rings. The van der Waals surface area contributed by atoms with Crippen molar-refractivity contribution in [3.8, 4) is 10.4 Å². The van der Waals surface area contributed by atoms with Gasteiger partial charge in [-0.2, -0.15) is 0 Å². The van der Waals surface area contributed by atoms with Crippen LogP contribution in [0.25, 0.3) is 10.4 Å². The van der Waals surface area contributed by atoms with Crippen LogP contribution in [0.5, 0.6) is 0 Å². The van der Waals surface area contributed by atoms with E-state index >= 15 is 0 Å². The van der Waals surface area contributed by atoms with E-state index in [1.165, 1.54) is 0 Å². The second-order valence-corrected chi connectivity index (χ2v) is 12.0. The number of carbonyl (C=O) groups is 2. The molecule has 0 spiro atoms. The highest BCUT2D eigenvalue weighted by atomic mass is 32.1. The molecule has 1 N–H and O–H groups in total. The lowest BCUT2D eigenvalue weighted by molar-refractivity contribution is 0.0690. The lowest BCUT2D eigenvalue weighted by atomic mass is 10.0. The molecule has 1 aromatic carbocycles. The predicted octanol–water partition coefficient (Wildman–Crippen LogP) is 5.22. The van der Waals surface area contributed by atoms with Crippen LogP contribution in [0, 0.1) is 38.5 Å². The largest absolute Gasteiger partial charge is 0.350 e. The SMILES string of the molecule is Cc1cccc(-c2sc(C)nc2C(=O)N2CC3CC3C2CNC(=O)c2cnc(CC(C)C)c(C)c2)c1. The third-order valence-electron chi connectivity index (χ3n) is 7.30. The monoisotopic (exact) mass is 502 g/mol. The van der Waals surface area contributed by atoms with Crippen molar-refractivity contribution < 1.29 is 9.59 Å². The number of benzene rings is 1. The van der Waals surface area contributed by atoms with Gasteiger partial charge in [0.2, 0.25) is 0 Å². The predicted molar refractivity (Wildman–Crippen MR) is 143 cm³/mol. The smallest absolute Gasteiger partial charge is 0.274 e. The minimum Gasteiger partial charge on any atom is -0.350 e. The maximum atomic E-state index is 13.7. The number of aromatic nitrogens is 2. The Morgan fingerprint density at radius 1 is 1.19 bits per heavy atom. The highest BCUT2D eigenvalue weighted by Crippen LogP contribution is 2.50. The van der Waals surface area contributed by atoms with Gasteiger partial charge in [0.25, 0.3) is 11.8 Å². The molecule has 3 atom stereocenters. The Morgan fingerprint density at radius 3 is 2.72 bits per heavy atom. The van der Waals surface area contributed by atoms with Gasteiger partial charge in [0.1, 0.15) is 5.69 Å². The molecular weight excluding hydrogens is 468 g/mol. The number of rotatable bonds is 7. The third-order valence-corrected chi connectivity index (χ3v) is 8.32. The summed E-state index contributed by atoms with van der Waals surface area (Å²) in [6, 6.07) is 10.1. The molecule has 3 unspecified atom stereocenters. The van der Waals surface area contributed by atoms with Gasteiger partial charge >= 0.3 is 0 Å². The van der Waals surface area contributed by atoms with Crippen molar-refractivity contribution in [2.24, 2.45) is 17.8 Å². The zero-order chi connectivity index (χ0) is 25.6. The zero-order valence-corrected chi connectivity index (χ0v) is 22.5. The molecule has 3 heterocycles. The molecule has 6 nitrogen and oxygen atoms in total. The van der Waals surface area contributed by atoms with Crippen molar-refractivity contribution in [2.45, 2.75) is 53.5 Å². The van der Waals surface area contributed by atoms with E-state index < -0.39 is 0 Å². The molecule has 2 fully saturated rings. The van der Waals surface area contributed by atoms with Crippen molar-refractivity contribution >= 4 is 23.2 Å². The average Bonchev–Trinajstić information content (AvgIpc) is 3.34. The lowest BCUT2D eigenvalue weighted by Crippen LogP contribution is -2.45. The summed E-state index contributed by atoms with van der Waals surface area (Å²) in [6.45, 7) is 11.5. The second kappa shape index (κ2) is 9.77. The van der Waals surface area contributed by atoms with Crippen molar-refractivity contribution in [3.63, 3.8) is 0 Å². The van der Waals surface area contributed by atoms with Gasteiger partial charge in [-0.25, -0.2) is 4.98 Å².